The maximum Gasteiger partial charge on any atom is 0.150 e. The number of nitrogens with zero attached hydrogens (tertiary/aromatic N) is 1. The third kappa shape index (κ3) is 2.82. The molecule has 0 saturated heterocycles. The lowest BCUT2D eigenvalue weighted by atomic mass is 10.0. The van der Waals surface area contributed by atoms with Crippen molar-refractivity contribution in [3.05, 3.63) is 29.6 Å². The molecule has 0 aliphatic carbocycles. The zero-order chi connectivity index (χ0) is 11.3. The number of aromatic nitrogens is 1. The van der Waals surface area contributed by atoms with Crippen LogP contribution in [0.2, 0.25) is 0 Å². The number of aliphatic hydroxyl groups excluding tert-OH is 2. The maximum absolute atomic E-state index is 10.7. The van der Waals surface area contributed by atoms with Crippen molar-refractivity contribution in [1.29, 1.82) is 0 Å². The smallest absolute Gasteiger partial charge is 0.150 e. The summed E-state index contributed by atoms with van der Waals surface area (Å²) in [6.45, 7) is 0.244. The van der Waals surface area contributed by atoms with Gasteiger partial charge in [0.15, 0.2) is 6.29 Å². The molecule has 82 valence electrons. The van der Waals surface area contributed by atoms with E-state index in [1.807, 2.05) is 0 Å². The quantitative estimate of drug-likeness (QED) is 0.571. The molecule has 0 saturated carbocycles. The van der Waals surface area contributed by atoms with E-state index in [1.54, 1.807) is 7.05 Å². The topological polar surface area (TPSA) is 82.4 Å². The van der Waals surface area contributed by atoms with Crippen LogP contribution in [-0.4, -0.2) is 41.2 Å². The number of rotatable bonds is 5. The van der Waals surface area contributed by atoms with Gasteiger partial charge in [-0.3, -0.25) is 9.78 Å². The molecule has 0 fully saturated rings. The minimum Gasteiger partial charge on any atom is -0.389 e. The summed E-state index contributed by atoms with van der Waals surface area (Å²) in [4.78, 5) is 14.5. The van der Waals surface area contributed by atoms with Gasteiger partial charge in [-0.15, -0.1) is 0 Å². The average Bonchev–Trinajstić information content (AvgIpc) is 2.28. The second-order valence-electron chi connectivity index (χ2n) is 3.19. The first-order valence-corrected chi connectivity index (χ1v) is 4.60. The summed E-state index contributed by atoms with van der Waals surface area (Å²) in [5, 5.41) is 22.0. The molecule has 0 aromatic carbocycles. The van der Waals surface area contributed by atoms with E-state index in [9.17, 15) is 15.0 Å². The summed E-state index contributed by atoms with van der Waals surface area (Å²) in [5.41, 5.74) is 0.683. The number of carbonyl (C=O) groups excluding carboxylic acids is 1. The maximum atomic E-state index is 10.7. The van der Waals surface area contributed by atoms with E-state index in [-0.39, 0.29) is 6.54 Å². The normalized spacial score (nSPS) is 14.6. The van der Waals surface area contributed by atoms with E-state index < -0.39 is 12.2 Å². The largest absolute Gasteiger partial charge is 0.389 e. The van der Waals surface area contributed by atoms with Crippen molar-refractivity contribution in [1.82, 2.24) is 10.3 Å². The first-order valence-electron chi connectivity index (χ1n) is 4.60. The van der Waals surface area contributed by atoms with Crippen LogP contribution >= 0.6 is 0 Å². The van der Waals surface area contributed by atoms with Gasteiger partial charge in [0.25, 0.3) is 0 Å². The average molecular weight is 210 g/mol. The Balaban J connectivity index is 2.89. The number of hydrogen-bond donors (Lipinski definition) is 3. The Kier molecular flexibility index (Phi) is 4.36. The van der Waals surface area contributed by atoms with E-state index in [1.165, 1.54) is 18.5 Å². The predicted molar refractivity (Wildman–Crippen MR) is 54.5 cm³/mol. The van der Waals surface area contributed by atoms with E-state index >= 15 is 0 Å². The van der Waals surface area contributed by atoms with Crippen molar-refractivity contribution in [2.75, 3.05) is 13.6 Å². The Morgan fingerprint density at radius 3 is 2.93 bits per heavy atom. The van der Waals surface area contributed by atoms with Gasteiger partial charge in [-0.2, -0.15) is 0 Å². The van der Waals surface area contributed by atoms with Crippen LogP contribution in [0.1, 0.15) is 22.0 Å². The number of carbonyl (C=O) groups is 1. The van der Waals surface area contributed by atoms with Crippen molar-refractivity contribution in [2.24, 2.45) is 0 Å². The molecule has 0 aliphatic heterocycles. The molecule has 0 bridgehead atoms. The summed E-state index contributed by atoms with van der Waals surface area (Å²) in [6.07, 6.45) is 1.41. The molecule has 0 amide bonds. The molecule has 1 aromatic rings. The van der Waals surface area contributed by atoms with Gasteiger partial charge >= 0.3 is 0 Å². The zero-order valence-corrected chi connectivity index (χ0v) is 8.42. The molecule has 1 heterocycles. The van der Waals surface area contributed by atoms with Gasteiger partial charge in [-0.1, -0.05) is 0 Å². The number of pyridine rings is 1. The van der Waals surface area contributed by atoms with Crippen LogP contribution in [0.5, 0.6) is 0 Å². The van der Waals surface area contributed by atoms with Gasteiger partial charge < -0.3 is 15.5 Å². The monoisotopic (exact) mass is 210 g/mol. The van der Waals surface area contributed by atoms with Crippen LogP contribution in [0.25, 0.3) is 0 Å². The molecule has 2 unspecified atom stereocenters. The Morgan fingerprint density at radius 2 is 2.33 bits per heavy atom. The fraction of sp³-hybridized carbons (Fsp3) is 0.400. The van der Waals surface area contributed by atoms with Crippen molar-refractivity contribution in [2.45, 2.75) is 12.2 Å². The van der Waals surface area contributed by atoms with E-state index in [4.69, 9.17) is 0 Å². The summed E-state index contributed by atoms with van der Waals surface area (Å²) in [5.74, 6) is 0. The third-order valence-electron chi connectivity index (χ3n) is 2.11. The molecule has 15 heavy (non-hydrogen) atoms. The number of likely N-dealkylation sites (N-methyl/N-ethyl adjacent to an activating group) is 1. The molecule has 5 nitrogen and oxygen atoms in total. The molecular weight excluding hydrogens is 196 g/mol. The lowest BCUT2D eigenvalue weighted by molar-refractivity contribution is 0.0197. The number of hydrogen-bond acceptors (Lipinski definition) is 5. The van der Waals surface area contributed by atoms with Gasteiger partial charge in [0, 0.05) is 30.1 Å². The summed E-state index contributed by atoms with van der Waals surface area (Å²) < 4.78 is 0. The van der Waals surface area contributed by atoms with Gasteiger partial charge in [0.2, 0.25) is 0 Å². The van der Waals surface area contributed by atoms with Crippen LogP contribution in [0.4, 0.5) is 0 Å². The van der Waals surface area contributed by atoms with Crippen LogP contribution in [-0.2, 0) is 0 Å². The molecule has 1 aromatic heterocycles. The first kappa shape index (κ1) is 11.8. The van der Waals surface area contributed by atoms with Crippen molar-refractivity contribution in [3.63, 3.8) is 0 Å². The number of aldehydes is 1. The summed E-state index contributed by atoms with van der Waals surface area (Å²) >= 11 is 0. The summed E-state index contributed by atoms with van der Waals surface area (Å²) in [7, 11) is 1.67. The molecule has 1 rings (SSSR count). The summed E-state index contributed by atoms with van der Waals surface area (Å²) in [6, 6.07) is 1.50. The standard InChI is InChI=1S/C10H14N2O3/c1-11-5-9(14)10(15)8-4-12-3-2-7(8)6-13/h2-4,6,9-11,14-15H,5H2,1H3. The highest BCUT2D eigenvalue weighted by Crippen LogP contribution is 2.18. The fourth-order valence-corrected chi connectivity index (χ4v) is 1.30. The van der Waals surface area contributed by atoms with Crippen molar-refractivity contribution in [3.8, 4) is 0 Å². The first-order chi connectivity index (χ1) is 7.20. The Labute approximate surface area is 87.8 Å². The van der Waals surface area contributed by atoms with Crippen molar-refractivity contribution >= 4 is 6.29 Å². The lowest BCUT2D eigenvalue weighted by Gasteiger charge is -2.18. The molecule has 0 aliphatic rings. The molecule has 0 spiro atoms. The Hall–Kier alpha value is -1.30. The number of aliphatic hydroxyl groups is 2. The third-order valence-corrected chi connectivity index (χ3v) is 2.11. The zero-order valence-electron chi connectivity index (χ0n) is 8.42. The van der Waals surface area contributed by atoms with Gasteiger partial charge in [-0.25, -0.2) is 0 Å². The molecule has 0 radical (unpaired) electrons. The minimum atomic E-state index is -1.11. The van der Waals surface area contributed by atoms with Gasteiger partial charge in [0.1, 0.15) is 6.10 Å². The lowest BCUT2D eigenvalue weighted by Crippen LogP contribution is -2.30. The Bertz CT molecular complexity index is 330. The van der Waals surface area contributed by atoms with Gasteiger partial charge in [-0.05, 0) is 13.1 Å². The van der Waals surface area contributed by atoms with Crippen LogP contribution < -0.4 is 5.32 Å². The van der Waals surface area contributed by atoms with Crippen LogP contribution in [0.3, 0.4) is 0 Å². The molecular formula is C10H14N2O3. The van der Waals surface area contributed by atoms with Crippen molar-refractivity contribution < 1.29 is 15.0 Å². The SMILES string of the molecule is CNCC(O)C(O)c1cnccc1C=O. The second-order valence-corrected chi connectivity index (χ2v) is 3.19. The highest BCUT2D eigenvalue weighted by atomic mass is 16.3. The minimum absolute atomic E-state index is 0.244. The highest BCUT2D eigenvalue weighted by molar-refractivity contribution is 5.77. The van der Waals surface area contributed by atoms with E-state index in [2.05, 4.69) is 10.3 Å². The second kappa shape index (κ2) is 5.55. The Morgan fingerprint density at radius 1 is 1.60 bits per heavy atom. The van der Waals surface area contributed by atoms with Crippen LogP contribution in [0, 0.1) is 0 Å². The fourth-order valence-electron chi connectivity index (χ4n) is 1.30. The molecule has 3 N–H and O–H groups in total. The van der Waals surface area contributed by atoms with Crippen LogP contribution in [0.15, 0.2) is 18.5 Å². The molecule has 2 atom stereocenters. The van der Waals surface area contributed by atoms with E-state index in [0.29, 0.717) is 17.4 Å². The highest BCUT2D eigenvalue weighted by Gasteiger charge is 2.20. The number of nitrogens with one attached hydrogen (secondary N) is 1. The predicted octanol–water partition coefficient (Wildman–Crippen LogP) is -0.492. The van der Waals surface area contributed by atoms with Gasteiger partial charge in [0.05, 0.1) is 6.10 Å². The molecule has 5 heteroatoms. The van der Waals surface area contributed by atoms with E-state index in [0.717, 1.165) is 0 Å².